The Bertz CT molecular complexity index is 1070. The van der Waals surface area contributed by atoms with Gasteiger partial charge in [-0.15, -0.1) is 11.3 Å². The number of ether oxygens (including phenoxy) is 1. The number of thiophene rings is 1. The summed E-state index contributed by atoms with van der Waals surface area (Å²) in [6.07, 6.45) is 9.75. The van der Waals surface area contributed by atoms with Gasteiger partial charge in [-0.2, -0.15) is 5.26 Å². The second-order valence-electron chi connectivity index (χ2n) is 8.58. The molecule has 0 unspecified atom stereocenters. The van der Waals surface area contributed by atoms with E-state index in [0.717, 1.165) is 40.1 Å². The van der Waals surface area contributed by atoms with E-state index in [-0.39, 0.29) is 30.3 Å². The Morgan fingerprint density at radius 1 is 1.33 bits per heavy atom. The van der Waals surface area contributed by atoms with E-state index in [4.69, 9.17) is 4.74 Å². The van der Waals surface area contributed by atoms with Crippen molar-refractivity contribution in [3.63, 3.8) is 0 Å². The number of nitriles is 1. The van der Waals surface area contributed by atoms with E-state index in [1.165, 1.54) is 11.3 Å². The maximum atomic E-state index is 12.5. The van der Waals surface area contributed by atoms with Crippen molar-refractivity contribution in [2.75, 3.05) is 19.7 Å². The van der Waals surface area contributed by atoms with Gasteiger partial charge in [-0.1, -0.05) is 6.07 Å². The van der Waals surface area contributed by atoms with Crippen LogP contribution < -0.4 is 0 Å². The maximum absolute atomic E-state index is 12.5. The van der Waals surface area contributed by atoms with Gasteiger partial charge in [0.1, 0.15) is 6.07 Å². The topological polar surface area (TPSA) is 104 Å². The molecule has 2 aromatic heterocycles. The zero-order chi connectivity index (χ0) is 23.2. The molecular weight excluding hydrogens is 438 g/mol. The van der Waals surface area contributed by atoms with Gasteiger partial charge in [-0.05, 0) is 67.4 Å². The van der Waals surface area contributed by atoms with Crippen LogP contribution >= 0.6 is 11.3 Å². The molecule has 0 radical (unpaired) electrons. The molecule has 7 nitrogen and oxygen atoms in total. The number of amides is 1. The quantitative estimate of drug-likeness (QED) is 0.655. The van der Waals surface area contributed by atoms with Crippen LogP contribution in [-0.4, -0.2) is 52.7 Å². The fourth-order valence-corrected chi connectivity index (χ4v) is 5.75. The Hall–Kier alpha value is -3.02. The number of hydrogen-bond donors (Lipinski definition) is 1. The number of carbonyl (C=O) groups is 2. The zero-order valence-electron chi connectivity index (χ0n) is 18.4. The van der Waals surface area contributed by atoms with Crippen molar-refractivity contribution in [1.82, 2.24) is 9.88 Å². The van der Waals surface area contributed by atoms with Gasteiger partial charge in [0.15, 0.2) is 5.78 Å². The number of piperidine rings is 1. The highest BCUT2D eigenvalue weighted by atomic mass is 32.1. The molecule has 0 aromatic carbocycles. The van der Waals surface area contributed by atoms with Crippen LogP contribution in [0.3, 0.4) is 0 Å². The van der Waals surface area contributed by atoms with Crippen LogP contribution in [0.4, 0.5) is 4.79 Å². The predicted molar refractivity (Wildman–Crippen MR) is 125 cm³/mol. The number of allylic oxidation sites excluding steroid dienone is 1. The first-order chi connectivity index (χ1) is 16.0. The number of rotatable bonds is 6. The van der Waals surface area contributed by atoms with Crippen molar-refractivity contribution < 1.29 is 19.4 Å². The summed E-state index contributed by atoms with van der Waals surface area (Å²) in [6, 6.07) is 6.00. The Balaban J connectivity index is 1.34. The number of pyridine rings is 1. The minimum absolute atomic E-state index is 0.0499. The number of fused-ring (bicyclic) bond motifs is 1. The molecule has 172 valence electrons. The monoisotopic (exact) mass is 465 g/mol. The Morgan fingerprint density at radius 2 is 2.15 bits per heavy atom. The first kappa shape index (κ1) is 23.1. The highest BCUT2D eigenvalue weighted by molar-refractivity contribution is 7.12. The van der Waals surface area contributed by atoms with Crippen molar-refractivity contribution in [3.05, 3.63) is 57.0 Å². The summed E-state index contributed by atoms with van der Waals surface area (Å²) in [5.74, 6) is 0.155. The fourth-order valence-electron chi connectivity index (χ4n) is 4.32. The summed E-state index contributed by atoms with van der Waals surface area (Å²) >= 11 is 1.53. The van der Waals surface area contributed by atoms with Gasteiger partial charge in [0.2, 0.25) is 0 Å². The van der Waals surface area contributed by atoms with Crippen LogP contribution in [0.15, 0.2) is 30.6 Å². The minimum Gasteiger partial charge on any atom is -0.449 e. The first-order valence-corrected chi connectivity index (χ1v) is 12.1. The molecule has 1 aliphatic carbocycles. The standard InChI is InChI=1S/C25H27N3O4S/c26-14-22-21-6-4-18(16-32-25(31)28-10-7-19(29)8-11-28)12-23(21)33-24(22)13-20(30)5-3-17-2-1-9-27-15-17/h1-3,5,9,15,18-19,29H,4,6-8,10-13,16H2/b5-3+/t18-/m0/s1. The van der Waals surface area contributed by atoms with E-state index in [9.17, 15) is 20.0 Å². The lowest BCUT2D eigenvalue weighted by molar-refractivity contribution is -0.113. The van der Waals surface area contributed by atoms with Gasteiger partial charge < -0.3 is 14.7 Å². The third-order valence-electron chi connectivity index (χ3n) is 6.20. The van der Waals surface area contributed by atoms with Crippen LogP contribution in [0.5, 0.6) is 0 Å². The lowest BCUT2D eigenvalue weighted by atomic mass is 9.87. The van der Waals surface area contributed by atoms with Gasteiger partial charge in [-0.3, -0.25) is 9.78 Å². The van der Waals surface area contributed by atoms with E-state index in [1.54, 1.807) is 29.4 Å². The molecule has 0 bridgehead atoms. The van der Waals surface area contributed by atoms with Crippen molar-refractivity contribution in [2.45, 2.75) is 44.6 Å². The highest BCUT2D eigenvalue weighted by Gasteiger charge is 2.28. The summed E-state index contributed by atoms with van der Waals surface area (Å²) in [5, 5.41) is 19.3. The average Bonchev–Trinajstić information content (AvgIpc) is 3.18. The van der Waals surface area contributed by atoms with E-state index in [0.29, 0.717) is 38.1 Å². The second-order valence-corrected chi connectivity index (χ2v) is 9.77. The van der Waals surface area contributed by atoms with Crippen molar-refractivity contribution in [1.29, 1.82) is 5.26 Å². The molecule has 33 heavy (non-hydrogen) atoms. The molecule has 8 heteroatoms. The molecule has 1 saturated heterocycles. The average molecular weight is 466 g/mol. The Kier molecular flexibility index (Phi) is 7.53. The van der Waals surface area contributed by atoms with Gasteiger partial charge in [0, 0.05) is 41.7 Å². The highest BCUT2D eigenvalue weighted by Crippen LogP contribution is 2.36. The molecule has 4 rings (SSSR count). The maximum Gasteiger partial charge on any atom is 0.409 e. The molecule has 1 fully saturated rings. The number of aliphatic hydroxyl groups excluding tert-OH is 1. The van der Waals surface area contributed by atoms with E-state index >= 15 is 0 Å². The summed E-state index contributed by atoms with van der Waals surface area (Å²) in [4.78, 5) is 32.4. The second kappa shape index (κ2) is 10.7. The van der Waals surface area contributed by atoms with E-state index in [1.807, 2.05) is 12.1 Å². The molecule has 2 aromatic rings. The minimum atomic E-state index is -0.328. The van der Waals surface area contributed by atoms with Crippen LogP contribution in [0.2, 0.25) is 0 Å². The SMILES string of the molecule is N#Cc1c(CC(=O)/C=C/c2cccnc2)sc2c1CC[C@H](COC(=O)N1CCC(O)CC1)C2. The number of likely N-dealkylation sites (tertiary alicyclic amines) is 1. The van der Waals surface area contributed by atoms with Crippen molar-refractivity contribution >= 4 is 29.3 Å². The molecule has 3 heterocycles. The third kappa shape index (κ3) is 5.86. The third-order valence-corrected chi connectivity index (χ3v) is 7.45. The van der Waals surface area contributed by atoms with Crippen LogP contribution in [-0.2, 0) is 28.8 Å². The number of aliphatic hydroxyl groups is 1. The Morgan fingerprint density at radius 3 is 2.88 bits per heavy atom. The fraction of sp³-hybridized carbons (Fsp3) is 0.440. The number of carbonyl (C=O) groups excluding carboxylic acids is 2. The van der Waals surface area contributed by atoms with Crippen LogP contribution in [0.1, 0.15) is 45.7 Å². The lowest BCUT2D eigenvalue weighted by Crippen LogP contribution is -2.41. The number of ketones is 1. The Labute approximate surface area is 197 Å². The van der Waals surface area contributed by atoms with Gasteiger partial charge in [0.05, 0.1) is 18.3 Å². The lowest BCUT2D eigenvalue weighted by Gasteiger charge is -2.30. The molecule has 2 aliphatic rings. The molecule has 0 spiro atoms. The summed E-state index contributed by atoms with van der Waals surface area (Å²) in [7, 11) is 0. The number of aromatic nitrogens is 1. The van der Waals surface area contributed by atoms with Crippen LogP contribution in [0.25, 0.3) is 6.08 Å². The van der Waals surface area contributed by atoms with Crippen molar-refractivity contribution in [3.8, 4) is 6.07 Å². The summed E-state index contributed by atoms with van der Waals surface area (Å²) in [5.41, 5.74) is 2.55. The van der Waals surface area contributed by atoms with E-state index < -0.39 is 0 Å². The normalized spacial score (nSPS) is 18.7. The molecule has 1 aliphatic heterocycles. The van der Waals surface area contributed by atoms with Crippen LogP contribution in [0, 0.1) is 17.2 Å². The number of nitrogens with zero attached hydrogens (tertiary/aromatic N) is 3. The molecule has 0 saturated carbocycles. The zero-order valence-corrected chi connectivity index (χ0v) is 19.2. The van der Waals surface area contributed by atoms with Gasteiger partial charge in [0.25, 0.3) is 0 Å². The molecule has 1 N–H and O–H groups in total. The van der Waals surface area contributed by atoms with E-state index in [2.05, 4.69) is 11.1 Å². The van der Waals surface area contributed by atoms with Crippen molar-refractivity contribution in [2.24, 2.45) is 5.92 Å². The first-order valence-electron chi connectivity index (χ1n) is 11.3. The van der Waals surface area contributed by atoms with Gasteiger partial charge >= 0.3 is 6.09 Å². The predicted octanol–water partition coefficient (Wildman–Crippen LogP) is 3.54. The summed E-state index contributed by atoms with van der Waals surface area (Å²) in [6.45, 7) is 1.40. The molecule has 1 amide bonds. The molecular formula is C25H27N3O4S. The summed E-state index contributed by atoms with van der Waals surface area (Å²) < 4.78 is 5.55. The number of hydrogen-bond acceptors (Lipinski definition) is 7. The smallest absolute Gasteiger partial charge is 0.409 e. The molecule has 1 atom stereocenters. The largest absolute Gasteiger partial charge is 0.449 e. The van der Waals surface area contributed by atoms with Gasteiger partial charge in [-0.25, -0.2) is 4.79 Å².